The Morgan fingerprint density at radius 2 is 1.74 bits per heavy atom. The summed E-state index contributed by atoms with van der Waals surface area (Å²) in [6.45, 7) is 0. The van der Waals surface area contributed by atoms with Crippen LogP contribution in [0.25, 0.3) is 0 Å². The number of alkyl halides is 1. The number of carbonyl (C=O) groups excluding carboxylic acids is 2. The van der Waals surface area contributed by atoms with Crippen molar-refractivity contribution < 1.29 is 19.8 Å². The Labute approximate surface area is 136 Å². The first kappa shape index (κ1) is 15.2. The zero-order chi connectivity index (χ0) is 16.6. The molecule has 1 aliphatic rings. The lowest BCUT2D eigenvalue weighted by atomic mass is 9.95. The minimum Gasteiger partial charge on any atom is -0.508 e. The molecular formula is C16H13ClN2O4. The minimum absolute atomic E-state index is 0.0581. The molecular weight excluding hydrogens is 320 g/mol. The van der Waals surface area contributed by atoms with Crippen LogP contribution in [-0.4, -0.2) is 32.4 Å². The van der Waals surface area contributed by atoms with Gasteiger partial charge in [-0.15, -0.1) is 11.6 Å². The average Bonchev–Trinajstić information content (AvgIpc) is 2.56. The Hall–Kier alpha value is -2.73. The summed E-state index contributed by atoms with van der Waals surface area (Å²) in [6.07, 6.45) is 0. The van der Waals surface area contributed by atoms with Crippen LogP contribution in [-0.2, 0) is 4.79 Å². The van der Waals surface area contributed by atoms with Crippen molar-refractivity contribution in [3.8, 4) is 11.5 Å². The molecule has 2 aromatic carbocycles. The van der Waals surface area contributed by atoms with E-state index < -0.39 is 23.2 Å². The van der Waals surface area contributed by atoms with Gasteiger partial charge in [-0.25, -0.2) is 5.01 Å². The largest absolute Gasteiger partial charge is 0.508 e. The van der Waals surface area contributed by atoms with Crippen LogP contribution in [0.4, 0.5) is 0 Å². The van der Waals surface area contributed by atoms with Crippen molar-refractivity contribution >= 4 is 23.4 Å². The summed E-state index contributed by atoms with van der Waals surface area (Å²) in [5.74, 6) is -1.13. The molecule has 2 atom stereocenters. The van der Waals surface area contributed by atoms with Crippen LogP contribution in [0.3, 0.4) is 0 Å². The van der Waals surface area contributed by atoms with Crippen LogP contribution in [0, 0.1) is 0 Å². The number of aromatic hydroxyl groups is 2. The number of carbonyl (C=O) groups is 2. The quantitative estimate of drug-likeness (QED) is 0.592. The number of rotatable bonds is 3. The van der Waals surface area contributed by atoms with Gasteiger partial charge in [-0.05, 0) is 29.8 Å². The van der Waals surface area contributed by atoms with Gasteiger partial charge in [0.05, 0.1) is 5.56 Å². The van der Waals surface area contributed by atoms with Crippen LogP contribution in [0.15, 0.2) is 48.5 Å². The SMILES string of the molecule is O=C(NN1C(=O)[C@H](Cl)[C@@H]1c1ccc(O)cc1)c1ccccc1O. The molecule has 0 aromatic heterocycles. The summed E-state index contributed by atoms with van der Waals surface area (Å²) in [7, 11) is 0. The molecule has 1 aliphatic heterocycles. The standard InChI is InChI=1S/C16H13ClN2O4/c17-13-14(9-5-7-10(20)8-6-9)19(16(13)23)18-15(22)11-3-1-2-4-12(11)21/h1-8,13-14,20-21H,(H,18,22)/t13-,14+/m1/s1. The van der Waals surface area contributed by atoms with Crippen molar-refractivity contribution in [1.82, 2.24) is 10.4 Å². The van der Waals surface area contributed by atoms with E-state index in [0.29, 0.717) is 5.56 Å². The number of hydrogen-bond acceptors (Lipinski definition) is 4. The molecule has 0 spiro atoms. The Kier molecular flexibility index (Phi) is 3.83. The highest BCUT2D eigenvalue weighted by molar-refractivity contribution is 6.33. The number of hydrazine groups is 1. The molecule has 3 N–H and O–H groups in total. The van der Waals surface area contributed by atoms with Crippen LogP contribution >= 0.6 is 11.6 Å². The summed E-state index contributed by atoms with van der Waals surface area (Å²) < 4.78 is 0. The van der Waals surface area contributed by atoms with Gasteiger partial charge in [0.15, 0.2) is 0 Å². The molecule has 118 valence electrons. The Morgan fingerprint density at radius 1 is 1.09 bits per heavy atom. The fraction of sp³-hybridized carbons (Fsp3) is 0.125. The number of phenols is 2. The Bertz CT molecular complexity index is 763. The van der Waals surface area contributed by atoms with Crippen molar-refractivity contribution in [2.75, 3.05) is 0 Å². The third-order valence-corrected chi connectivity index (χ3v) is 4.06. The number of para-hydroxylation sites is 1. The molecule has 1 heterocycles. The molecule has 6 nitrogen and oxygen atoms in total. The number of hydrogen-bond donors (Lipinski definition) is 3. The zero-order valence-corrected chi connectivity index (χ0v) is 12.6. The van der Waals surface area contributed by atoms with Crippen LogP contribution in [0.5, 0.6) is 11.5 Å². The van der Waals surface area contributed by atoms with E-state index in [-0.39, 0.29) is 17.1 Å². The van der Waals surface area contributed by atoms with Gasteiger partial charge >= 0.3 is 0 Å². The van der Waals surface area contributed by atoms with E-state index in [0.717, 1.165) is 5.01 Å². The number of halogens is 1. The summed E-state index contributed by atoms with van der Waals surface area (Å²) in [5, 5.41) is 19.3. The van der Waals surface area contributed by atoms with Gasteiger partial charge in [-0.1, -0.05) is 24.3 Å². The normalized spacial score (nSPS) is 20.0. The highest BCUT2D eigenvalue weighted by Gasteiger charge is 2.48. The molecule has 0 unspecified atom stereocenters. The van der Waals surface area contributed by atoms with E-state index in [9.17, 15) is 19.8 Å². The summed E-state index contributed by atoms with van der Waals surface area (Å²) in [4.78, 5) is 24.1. The maximum Gasteiger partial charge on any atom is 0.273 e. The van der Waals surface area contributed by atoms with E-state index >= 15 is 0 Å². The number of nitrogens with zero attached hydrogens (tertiary/aromatic N) is 1. The Morgan fingerprint density at radius 3 is 2.39 bits per heavy atom. The second-order valence-electron chi connectivity index (χ2n) is 5.10. The molecule has 1 saturated heterocycles. The molecule has 3 rings (SSSR count). The molecule has 0 bridgehead atoms. The smallest absolute Gasteiger partial charge is 0.273 e. The maximum absolute atomic E-state index is 12.2. The fourth-order valence-corrected chi connectivity index (χ4v) is 2.77. The minimum atomic E-state index is -0.802. The molecule has 0 aliphatic carbocycles. The summed E-state index contributed by atoms with van der Waals surface area (Å²) >= 11 is 6.04. The van der Waals surface area contributed by atoms with Gasteiger partial charge in [0.1, 0.15) is 22.9 Å². The van der Waals surface area contributed by atoms with Crippen molar-refractivity contribution in [2.45, 2.75) is 11.4 Å². The van der Waals surface area contributed by atoms with Crippen molar-refractivity contribution in [1.29, 1.82) is 0 Å². The predicted octanol–water partition coefficient (Wildman–Crippen LogP) is 1.93. The topological polar surface area (TPSA) is 89.9 Å². The predicted molar refractivity (Wildman–Crippen MR) is 82.9 cm³/mol. The fourth-order valence-electron chi connectivity index (χ4n) is 2.40. The maximum atomic E-state index is 12.2. The zero-order valence-electron chi connectivity index (χ0n) is 11.8. The lowest BCUT2D eigenvalue weighted by Crippen LogP contribution is -2.63. The average molecular weight is 333 g/mol. The number of β-lactam (4-membered cyclic amide) rings is 1. The van der Waals surface area contributed by atoms with E-state index in [2.05, 4.69) is 5.43 Å². The monoisotopic (exact) mass is 332 g/mol. The molecule has 2 amide bonds. The van der Waals surface area contributed by atoms with E-state index in [1.54, 1.807) is 24.3 Å². The lowest BCUT2D eigenvalue weighted by molar-refractivity contribution is -0.149. The van der Waals surface area contributed by atoms with Crippen LogP contribution in [0.2, 0.25) is 0 Å². The first-order valence-corrected chi connectivity index (χ1v) is 7.27. The second kappa shape index (κ2) is 5.81. The lowest BCUT2D eigenvalue weighted by Gasteiger charge is -2.43. The molecule has 2 aromatic rings. The van der Waals surface area contributed by atoms with Crippen molar-refractivity contribution in [2.24, 2.45) is 0 Å². The first-order valence-electron chi connectivity index (χ1n) is 6.84. The van der Waals surface area contributed by atoms with Gasteiger partial charge in [0.2, 0.25) is 0 Å². The highest BCUT2D eigenvalue weighted by atomic mass is 35.5. The summed E-state index contributed by atoms with van der Waals surface area (Å²) in [5.41, 5.74) is 3.19. The first-order chi connectivity index (χ1) is 11.0. The Balaban J connectivity index is 1.81. The van der Waals surface area contributed by atoms with E-state index in [1.807, 2.05) is 0 Å². The van der Waals surface area contributed by atoms with E-state index in [1.165, 1.54) is 24.3 Å². The van der Waals surface area contributed by atoms with Gasteiger partial charge in [-0.3, -0.25) is 15.0 Å². The van der Waals surface area contributed by atoms with Gasteiger partial charge in [-0.2, -0.15) is 0 Å². The van der Waals surface area contributed by atoms with Gasteiger partial charge < -0.3 is 10.2 Å². The molecule has 1 fully saturated rings. The van der Waals surface area contributed by atoms with Gasteiger partial charge in [0.25, 0.3) is 11.8 Å². The van der Waals surface area contributed by atoms with Crippen molar-refractivity contribution in [3.05, 3.63) is 59.7 Å². The highest BCUT2D eigenvalue weighted by Crippen LogP contribution is 2.37. The van der Waals surface area contributed by atoms with Crippen LogP contribution < -0.4 is 5.43 Å². The van der Waals surface area contributed by atoms with E-state index in [4.69, 9.17) is 11.6 Å². The molecule has 7 heteroatoms. The second-order valence-corrected chi connectivity index (χ2v) is 5.57. The molecule has 0 radical (unpaired) electrons. The number of benzene rings is 2. The third kappa shape index (κ3) is 2.68. The molecule has 23 heavy (non-hydrogen) atoms. The van der Waals surface area contributed by atoms with Crippen LogP contribution in [0.1, 0.15) is 22.0 Å². The third-order valence-electron chi connectivity index (χ3n) is 3.63. The number of nitrogens with one attached hydrogen (secondary N) is 1. The van der Waals surface area contributed by atoms with Gasteiger partial charge in [0, 0.05) is 0 Å². The molecule has 0 saturated carbocycles. The van der Waals surface area contributed by atoms with Crippen molar-refractivity contribution in [3.63, 3.8) is 0 Å². The summed E-state index contributed by atoms with van der Waals surface area (Å²) in [6, 6.07) is 11.7. The number of amides is 2. The number of phenolic OH excluding ortho intramolecular Hbond substituents is 2.